The van der Waals surface area contributed by atoms with Crippen LogP contribution in [0.5, 0.6) is 0 Å². The molecule has 1 unspecified atom stereocenters. The number of ether oxygens (including phenoxy) is 1. The maximum atomic E-state index is 12.4. The molecule has 2 aromatic rings. The summed E-state index contributed by atoms with van der Waals surface area (Å²) < 4.78 is 10.6. The zero-order valence-corrected chi connectivity index (χ0v) is 16.5. The fraction of sp³-hybridized carbons (Fsp3) is 0.600. The van der Waals surface area contributed by atoms with Gasteiger partial charge in [-0.05, 0) is 33.1 Å². The van der Waals surface area contributed by atoms with Crippen molar-refractivity contribution in [3.8, 4) is 0 Å². The van der Waals surface area contributed by atoms with E-state index in [2.05, 4.69) is 20.4 Å². The van der Waals surface area contributed by atoms with Gasteiger partial charge in [-0.25, -0.2) is 9.97 Å². The van der Waals surface area contributed by atoms with Crippen LogP contribution in [0.4, 0.5) is 5.95 Å². The van der Waals surface area contributed by atoms with Gasteiger partial charge in [-0.15, -0.1) is 0 Å². The minimum Gasteiger partial charge on any atom is -0.376 e. The highest BCUT2D eigenvalue weighted by Gasteiger charge is 2.24. The number of aromatic nitrogens is 3. The van der Waals surface area contributed by atoms with Crippen LogP contribution in [0, 0.1) is 13.8 Å². The molecule has 0 aliphatic carbocycles. The van der Waals surface area contributed by atoms with Crippen LogP contribution in [0.25, 0.3) is 0 Å². The van der Waals surface area contributed by atoms with E-state index in [1.807, 2.05) is 20.0 Å². The summed E-state index contributed by atoms with van der Waals surface area (Å²) in [5.74, 6) is 1.62. The maximum absolute atomic E-state index is 12.4. The van der Waals surface area contributed by atoms with Gasteiger partial charge in [0.2, 0.25) is 11.9 Å². The van der Waals surface area contributed by atoms with E-state index in [-0.39, 0.29) is 11.9 Å². The zero-order valence-electron chi connectivity index (χ0n) is 16.5. The molecule has 2 aliphatic rings. The van der Waals surface area contributed by atoms with Crippen LogP contribution in [0.3, 0.4) is 0 Å². The number of nitrogens with one attached hydrogen (secondary N) is 1. The van der Waals surface area contributed by atoms with Crippen LogP contribution in [-0.4, -0.2) is 46.8 Å². The predicted octanol–water partition coefficient (Wildman–Crippen LogP) is 1.87. The number of hydrogen-bond acceptors (Lipinski definition) is 7. The van der Waals surface area contributed by atoms with Crippen molar-refractivity contribution >= 4 is 11.9 Å². The quantitative estimate of drug-likeness (QED) is 0.840. The molecule has 0 aromatic carbocycles. The first-order chi connectivity index (χ1) is 13.6. The van der Waals surface area contributed by atoms with Crippen molar-refractivity contribution in [3.63, 3.8) is 0 Å². The van der Waals surface area contributed by atoms with E-state index in [1.54, 1.807) is 0 Å². The molecule has 4 rings (SSSR count). The summed E-state index contributed by atoms with van der Waals surface area (Å²) in [7, 11) is 0. The molecular formula is C20H27N5O3. The summed E-state index contributed by atoms with van der Waals surface area (Å²) in [5.41, 5.74) is 4.06. The third kappa shape index (κ3) is 4.16. The van der Waals surface area contributed by atoms with Crippen molar-refractivity contribution in [1.82, 2.24) is 20.4 Å². The highest BCUT2D eigenvalue weighted by atomic mass is 16.5. The van der Waals surface area contributed by atoms with Crippen molar-refractivity contribution in [2.45, 2.75) is 58.6 Å². The van der Waals surface area contributed by atoms with Gasteiger partial charge >= 0.3 is 0 Å². The van der Waals surface area contributed by atoms with Crippen molar-refractivity contribution in [3.05, 3.63) is 34.5 Å². The molecule has 0 spiro atoms. The number of fused-ring (bicyclic) bond motifs is 1. The van der Waals surface area contributed by atoms with Gasteiger partial charge in [0.15, 0.2) is 0 Å². The van der Waals surface area contributed by atoms with Crippen molar-refractivity contribution in [2.75, 3.05) is 24.6 Å². The van der Waals surface area contributed by atoms with Crippen LogP contribution in [0.2, 0.25) is 0 Å². The Morgan fingerprint density at radius 3 is 3.11 bits per heavy atom. The lowest BCUT2D eigenvalue weighted by molar-refractivity contribution is -0.121. The maximum Gasteiger partial charge on any atom is 0.225 e. The van der Waals surface area contributed by atoms with Crippen molar-refractivity contribution < 1.29 is 14.1 Å². The standard InChI is InChI=1S/C20H27N5O3/c1-13-17(14(2)28-24-13)5-6-19(26)22-16-4-3-8-25(11-16)20-21-10-15-12-27-9-7-18(15)23-20/h10,16H,3-9,11-12H2,1-2H3,(H,22,26). The first-order valence-electron chi connectivity index (χ1n) is 9.98. The Labute approximate surface area is 164 Å². The number of anilines is 1. The lowest BCUT2D eigenvalue weighted by Gasteiger charge is -2.33. The average Bonchev–Trinajstić information content (AvgIpc) is 3.04. The molecule has 28 heavy (non-hydrogen) atoms. The van der Waals surface area contributed by atoms with Gasteiger partial charge in [0, 0.05) is 49.3 Å². The normalized spacial score (nSPS) is 19.4. The summed E-state index contributed by atoms with van der Waals surface area (Å²) in [4.78, 5) is 23.9. The highest BCUT2D eigenvalue weighted by molar-refractivity contribution is 5.76. The second kappa shape index (κ2) is 8.26. The Hall–Kier alpha value is -2.48. The third-order valence-electron chi connectivity index (χ3n) is 5.53. The number of rotatable bonds is 5. The van der Waals surface area contributed by atoms with Crippen LogP contribution >= 0.6 is 0 Å². The van der Waals surface area contributed by atoms with Crippen molar-refractivity contribution in [1.29, 1.82) is 0 Å². The molecule has 0 radical (unpaired) electrons. The molecule has 1 N–H and O–H groups in total. The molecule has 8 heteroatoms. The van der Waals surface area contributed by atoms with E-state index in [0.29, 0.717) is 26.1 Å². The molecule has 1 amide bonds. The summed E-state index contributed by atoms with van der Waals surface area (Å²) in [5, 5.41) is 7.12. The first-order valence-corrected chi connectivity index (χ1v) is 9.98. The molecule has 2 aliphatic heterocycles. The largest absolute Gasteiger partial charge is 0.376 e. The highest BCUT2D eigenvalue weighted by Crippen LogP contribution is 2.20. The lowest BCUT2D eigenvalue weighted by Crippen LogP contribution is -2.48. The monoisotopic (exact) mass is 385 g/mol. The Morgan fingerprint density at radius 1 is 1.39 bits per heavy atom. The Morgan fingerprint density at radius 2 is 2.29 bits per heavy atom. The fourth-order valence-corrected chi connectivity index (χ4v) is 3.95. The second-order valence-electron chi connectivity index (χ2n) is 7.60. The number of piperidine rings is 1. The minimum absolute atomic E-state index is 0.0651. The van der Waals surface area contributed by atoms with Gasteiger partial charge in [0.1, 0.15) is 5.76 Å². The fourth-order valence-electron chi connectivity index (χ4n) is 3.95. The second-order valence-corrected chi connectivity index (χ2v) is 7.60. The van der Waals surface area contributed by atoms with E-state index in [1.165, 1.54) is 0 Å². The van der Waals surface area contributed by atoms with E-state index in [9.17, 15) is 4.79 Å². The molecule has 0 saturated carbocycles. The SMILES string of the molecule is Cc1noc(C)c1CCC(=O)NC1CCCN(c2ncc3c(n2)CCOC3)C1. The van der Waals surface area contributed by atoms with Crippen LogP contribution < -0.4 is 10.2 Å². The van der Waals surface area contributed by atoms with Gasteiger partial charge in [-0.3, -0.25) is 4.79 Å². The molecule has 1 fully saturated rings. The Kier molecular flexibility index (Phi) is 5.57. The molecule has 1 atom stereocenters. The van der Waals surface area contributed by atoms with Gasteiger partial charge < -0.3 is 19.5 Å². The van der Waals surface area contributed by atoms with Gasteiger partial charge in [-0.1, -0.05) is 5.16 Å². The number of carbonyl (C=O) groups excluding carboxylic acids is 1. The summed E-state index contributed by atoms with van der Waals surface area (Å²) in [6.07, 6.45) is 5.79. The van der Waals surface area contributed by atoms with Crippen LogP contribution in [-0.2, 0) is 29.0 Å². The lowest BCUT2D eigenvalue weighted by atomic mass is 10.0. The zero-order chi connectivity index (χ0) is 19.5. The smallest absolute Gasteiger partial charge is 0.225 e. The average molecular weight is 385 g/mol. The van der Waals surface area contributed by atoms with Gasteiger partial charge in [0.25, 0.3) is 0 Å². The molecule has 150 valence electrons. The number of hydrogen-bond donors (Lipinski definition) is 1. The first kappa shape index (κ1) is 18.9. The number of carbonyl (C=O) groups is 1. The summed E-state index contributed by atoms with van der Waals surface area (Å²) in [6, 6.07) is 0.119. The molecule has 1 saturated heterocycles. The van der Waals surface area contributed by atoms with Crippen LogP contribution in [0.1, 0.15) is 47.5 Å². The predicted molar refractivity (Wildman–Crippen MR) is 103 cm³/mol. The number of amides is 1. The van der Waals surface area contributed by atoms with Gasteiger partial charge in [-0.2, -0.15) is 0 Å². The summed E-state index contributed by atoms with van der Waals surface area (Å²) >= 11 is 0. The number of aryl methyl sites for hydroxylation is 2. The minimum atomic E-state index is 0.0651. The van der Waals surface area contributed by atoms with E-state index >= 15 is 0 Å². The third-order valence-corrected chi connectivity index (χ3v) is 5.53. The van der Waals surface area contributed by atoms with E-state index in [4.69, 9.17) is 14.2 Å². The molecular weight excluding hydrogens is 358 g/mol. The summed E-state index contributed by atoms with van der Waals surface area (Å²) in [6.45, 7) is 6.77. The Bertz CT molecular complexity index is 831. The van der Waals surface area contributed by atoms with Crippen molar-refractivity contribution in [2.24, 2.45) is 0 Å². The molecule has 0 bridgehead atoms. The van der Waals surface area contributed by atoms with E-state index in [0.717, 1.165) is 66.6 Å². The molecule has 2 aromatic heterocycles. The number of nitrogens with zero attached hydrogens (tertiary/aromatic N) is 4. The molecule has 4 heterocycles. The van der Waals surface area contributed by atoms with Crippen LogP contribution in [0.15, 0.2) is 10.7 Å². The topological polar surface area (TPSA) is 93.4 Å². The van der Waals surface area contributed by atoms with E-state index < -0.39 is 0 Å². The molecule has 8 nitrogen and oxygen atoms in total. The van der Waals surface area contributed by atoms with Gasteiger partial charge in [0.05, 0.1) is 24.6 Å². The Balaban J connectivity index is 1.33.